The third kappa shape index (κ3) is 2.46. The molecule has 2 N–H and O–H groups in total. The lowest BCUT2D eigenvalue weighted by Crippen LogP contribution is -2.24. The SMILES string of the molecule is Nc1nc(CN2CCC[C@H]2c2ccsc2)nc2ccccc12. The molecule has 1 fully saturated rings. The molecular weight excluding hydrogens is 292 g/mol. The van der Waals surface area contributed by atoms with Crippen LogP contribution >= 0.6 is 11.3 Å². The molecule has 1 aliphatic rings. The van der Waals surface area contributed by atoms with E-state index in [4.69, 9.17) is 5.73 Å². The van der Waals surface area contributed by atoms with E-state index < -0.39 is 0 Å². The van der Waals surface area contributed by atoms with E-state index in [9.17, 15) is 0 Å². The van der Waals surface area contributed by atoms with E-state index >= 15 is 0 Å². The standard InChI is InChI=1S/C17H18N4S/c18-17-13-4-1-2-5-14(13)19-16(20-17)10-21-8-3-6-15(21)12-7-9-22-11-12/h1-2,4-5,7,9,11,15H,3,6,8,10H2,(H2,18,19,20)/t15-/m0/s1. The molecular formula is C17H18N4S. The van der Waals surface area contributed by atoms with E-state index in [1.165, 1.54) is 18.4 Å². The molecule has 1 aromatic carbocycles. The molecule has 4 nitrogen and oxygen atoms in total. The zero-order chi connectivity index (χ0) is 14.9. The summed E-state index contributed by atoms with van der Waals surface area (Å²) in [5.41, 5.74) is 8.43. The highest BCUT2D eigenvalue weighted by Crippen LogP contribution is 2.34. The minimum atomic E-state index is 0.488. The summed E-state index contributed by atoms with van der Waals surface area (Å²) < 4.78 is 0. The molecule has 0 aliphatic carbocycles. The first-order valence-electron chi connectivity index (χ1n) is 7.58. The van der Waals surface area contributed by atoms with Crippen molar-refractivity contribution in [1.29, 1.82) is 0 Å². The highest BCUT2D eigenvalue weighted by molar-refractivity contribution is 7.07. The fourth-order valence-corrected chi connectivity index (χ4v) is 3.97. The van der Waals surface area contributed by atoms with Crippen molar-refractivity contribution in [3.05, 3.63) is 52.5 Å². The zero-order valence-electron chi connectivity index (χ0n) is 12.3. The number of anilines is 1. The van der Waals surface area contributed by atoms with Crippen LogP contribution in [0.1, 0.15) is 30.3 Å². The molecule has 112 valence electrons. The van der Waals surface area contributed by atoms with Crippen LogP contribution in [0.25, 0.3) is 10.9 Å². The van der Waals surface area contributed by atoms with Crippen molar-refractivity contribution in [2.24, 2.45) is 0 Å². The molecule has 4 rings (SSSR count). The summed E-state index contributed by atoms with van der Waals surface area (Å²) in [4.78, 5) is 11.7. The topological polar surface area (TPSA) is 55.0 Å². The van der Waals surface area contributed by atoms with Gasteiger partial charge in [-0.2, -0.15) is 11.3 Å². The normalized spacial score (nSPS) is 19.0. The largest absolute Gasteiger partial charge is 0.383 e. The number of aromatic nitrogens is 2. The van der Waals surface area contributed by atoms with Crippen LogP contribution in [-0.4, -0.2) is 21.4 Å². The van der Waals surface area contributed by atoms with E-state index in [2.05, 4.69) is 31.7 Å². The Morgan fingerprint density at radius 3 is 3.00 bits per heavy atom. The first-order chi connectivity index (χ1) is 10.8. The fourth-order valence-electron chi connectivity index (χ4n) is 3.26. The van der Waals surface area contributed by atoms with Crippen molar-refractivity contribution in [3.63, 3.8) is 0 Å². The van der Waals surface area contributed by atoms with Crippen molar-refractivity contribution in [1.82, 2.24) is 14.9 Å². The molecule has 0 spiro atoms. The maximum absolute atomic E-state index is 6.09. The molecule has 0 amide bonds. The van der Waals surface area contributed by atoms with Gasteiger partial charge in [0.25, 0.3) is 0 Å². The van der Waals surface area contributed by atoms with Gasteiger partial charge in [-0.15, -0.1) is 0 Å². The van der Waals surface area contributed by atoms with Gasteiger partial charge in [0.2, 0.25) is 0 Å². The van der Waals surface area contributed by atoms with Gasteiger partial charge in [-0.05, 0) is 53.9 Å². The summed E-state index contributed by atoms with van der Waals surface area (Å²) in [6.45, 7) is 1.85. The number of fused-ring (bicyclic) bond motifs is 1. The second-order valence-corrected chi connectivity index (χ2v) is 6.51. The summed E-state index contributed by atoms with van der Waals surface area (Å²) in [5.74, 6) is 1.39. The minimum absolute atomic E-state index is 0.488. The fraction of sp³-hybridized carbons (Fsp3) is 0.294. The van der Waals surface area contributed by atoms with Crippen LogP contribution < -0.4 is 5.73 Å². The molecule has 3 aromatic rings. The van der Waals surface area contributed by atoms with Gasteiger partial charge >= 0.3 is 0 Å². The molecule has 1 atom stereocenters. The minimum Gasteiger partial charge on any atom is -0.383 e. The smallest absolute Gasteiger partial charge is 0.145 e. The van der Waals surface area contributed by atoms with Gasteiger partial charge in [-0.1, -0.05) is 12.1 Å². The van der Waals surface area contributed by atoms with Crippen LogP contribution in [0, 0.1) is 0 Å². The Kier molecular flexibility index (Phi) is 3.52. The number of para-hydroxylation sites is 1. The van der Waals surface area contributed by atoms with Crippen LogP contribution in [0.5, 0.6) is 0 Å². The quantitative estimate of drug-likeness (QED) is 0.803. The van der Waals surface area contributed by atoms with Gasteiger partial charge in [-0.25, -0.2) is 9.97 Å². The number of nitrogens with zero attached hydrogens (tertiary/aromatic N) is 3. The highest BCUT2D eigenvalue weighted by Gasteiger charge is 2.27. The molecule has 2 aromatic heterocycles. The van der Waals surface area contributed by atoms with Gasteiger partial charge in [-0.3, -0.25) is 4.90 Å². The molecule has 0 bridgehead atoms. The van der Waals surface area contributed by atoms with Crippen LogP contribution in [0.3, 0.4) is 0 Å². The van der Waals surface area contributed by atoms with Crippen LogP contribution in [0.15, 0.2) is 41.1 Å². The van der Waals surface area contributed by atoms with E-state index in [0.29, 0.717) is 11.9 Å². The zero-order valence-corrected chi connectivity index (χ0v) is 13.1. The average Bonchev–Trinajstić information content (AvgIpc) is 3.18. The monoisotopic (exact) mass is 310 g/mol. The summed E-state index contributed by atoms with van der Waals surface area (Å²) in [7, 11) is 0. The Hall–Kier alpha value is -1.98. The lowest BCUT2D eigenvalue weighted by atomic mass is 10.1. The predicted molar refractivity (Wildman–Crippen MR) is 90.7 cm³/mol. The molecule has 5 heteroatoms. The van der Waals surface area contributed by atoms with E-state index in [-0.39, 0.29) is 0 Å². The van der Waals surface area contributed by atoms with Crippen molar-refractivity contribution in [2.45, 2.75) is 25.4 Å². The highest BCUT2D eigenvalue weighted by atomic mass is 32.1. The Morgan fingerprint density at radius 1 is 1.23 bits per heavy atom. The first kappa shape index (κ1) is 13.7. The summed E-state index contributed by atoms with van der Waals surface area (Å²) in [5, 5.41) is 5.33. The van der Waals surface area contributed by atoms with Crippen LogP contribution in [0.2, 0.25) is 0 Å². The van der Waals surface area contributed by atoms with E-state index in [1.807, 2.05) is 24.3 Å². The second kappa shape index (κ2) is 5.66. The molecule has 1 saturated heterocycles. The molecule has 0 unspecified atom stereocenters. The Bertz CT molecular complexity index is 784. The van der Waals surface area contributed by atoms with Crippen molar-refractivity contribution in [3.8, 4) is 0 Å². The maximum Gasteiger partial charge on any atom is 0.145 e. The number of nitrogens with two attached hydrogens (primary N) is 1. The molecule has 22 heavy (non-hydrogen) atoms. The van der Waals surface area contributed by atoms with Crippen molar-refractivity contribution >= 4 is 28.1 Å². The molecule has 1 aliphatic heterocycles. The van der Waals surface area contributed by atoms with Crippen molar-refractivity contribution < 1.29 is 0 Å². The van der Waals surface area contributed by atoms with Gasteiger partial charge in [0, 0.05) is 11.4 Å². The van der Waals surface area contributed by atoms with Gasteiger partial charge in [0.15, 0.2) is 0 Å². The van der Waals surface area contributed by atoms with E-state index in [1.54, 1.807) is 11.3 Å². The number of hydrogen-bond acceptors (Lipinski definition) is 5. The summed E-state index contributed by atoms with van der Waals surface area (Å²) >= 11 is 1.76. The van der Waals surface area contributed by atoms with Gasteiger partial charge in [0.05, 0.1) is 12.1 Å². The maximum atomic E-state index is 6.09. The molecule has 3 heterocycles. The number of rotatable bonds is 3. The number of hydrogen-bond donors (Lipinski definition) is 1. The average molecular weight is 310 g/mol. The Morgan fingerprint density at radius 2 is 2.14 bits per heavy atom. The summed E-state index contributed by atoms with van der Waals surface area (Å²) in [6.07, 6.45) is 2.43. The number of thiophene rings is 1. The first-order valence-corrected chi connectivity index (χ1v) is 8.53. The summed E-state index contributed by atoms with van der Waals surface area (Å²) in [6, 6.07) is 10.6. The Balaban J connectivity index is 1.63. The molecule has 0 saturated carbocycles. The lowest BCUT2D eigenvalue weighted by molar-refractivity contribution is 0.243. The second-order valence-electron chi connectivity index (χ2n) is 5.73. The van der Waals surface area contributed by atoms with E-state index in [0.717, 1.165) is 29.8 Å². The van der Waals surface area contributed by atoms with Crippen LogP contribution in [0.4, 0.5) is 5.82 Å². The van der Waals surface area contributed by atoms with Gasteiger partial charge < -0.3 is 5.73 Å². The van der Waals surface area contributed by atoms with Crippen LogP contribution in [-0.2, 0) is 6.54 Å². The number of likely N-dealkylation sites (tertiary alicyclic amines) is 1. The van der Waals surface area contributed by atoms with Crippen molar-refractivity contribution in [2.75, 3.05) is 12.3 Å². The lowest BCUT2D eigenvalue weighted by Gasteiger charge is -2.23. The Labute approximate surface area is 133 Å². The third-order valence-corrected chi connectivity index (χ3v) is 5.02. The third-order valence-electron chi connectivity index (χ3n) is 4.32. The predicted octanol–water partition coefficient (Wildman–Crippen LogP) is 3.61. The van der Waals surface area contributed by atoms with Gasteiger partial charge in [0.1, 0.15) is 11.6 Å². The molecule has 0 radical (unpaired) electrons. The number of benzene rings is 1. The number of nitrogen functional groups attached to an aromatic ring is 1.